The summed E-state index contributed by atoms with van der Waals surface area (Å²) in [5, 5.41) is 16.0. The highest BCUT2D eigenvalue weighted by molar-refractivity contribution is 5.95. The van der Waals surface area contributed by atoms with Crippen LogP contribution in [0, 0.1) is 0 Å². The van der Waals surface area contributed by atoms with Crippen molar-refractivity contribution in [2.45, 2.75) is 31.4 Å². The fourth-order valence-electron chi connectivity index (χ4n) is 2.44. The summed E-state index contributed by atoms with van der Waals surface area (Å²) in [6.45, 7) is 1.37. The van der Waals surface area contributed by atoms with E-state index < -0.39 is 5.60 Å². The van der Waals surface area contributed by atoms with Crippen molar-refractivity contribution in [1.29, 1.82) is 0 Å². The summed E-state index contributed by atoms with van der Waals surface area (Å²) in [6, 6.07) is 5.74. The van der Waals surface area contributed by atoms with Gasteiger partial charge in [0.25, 0.3) is 5.91 Å². The van der Waals surface area contributed by atoms with Crippen molar-refractivity contribution in [3.8, 4) is 5.75 Å². The molecule has 1 aliphatic carbocycles. The van der Waals surface area contributed by atoms with Crippen molar-refractivity contribution in [2.75, 3.05) is 18.5 Å². The molecule has 2 aliphatic rings. The molecule has 0 unspecified atom stereocenters. The van der Waals surface area contributed by atoms with Gasteiger partial charge in [-0.3, -0.25) is 4.79 Å². The monoisotopic (exact) mass is 262 g/mol. The minimum Gasteiger partial charge on any atom is -0.482 e. The van der Waals surface area contributed by atoms with E-state index in [0.29, 0.717) is 18.8 Å². The normalized spacial score (nSPS) is 19.9. The summed E-state index contributed by atoms with van der Waals surface area (Å²) in [5.74, 6) is 0.586. The molecule has 1 fully saturated rings. The number of carbonyl (C=O) groups excluding carboxylic acids is 1. The van der Waals surface area contributed by atoms with E-state index in [2.05, 4.69) is 10.6 Å². The predicted molar refractivity (Wildman–Crippen MR) is 71.1 cm³/mol. The van der Waals surface area contributed by atoms with E-state index in [4.69, 9.17) is 4.74 Å². The first-order valence-corrected chi connectivity index (χ1v) is 6.63. The zero-order valence-electron chi connectivity index (χ0n) is 10.7. The third kappa shape index (κ3) is 2.72. The molecule has 0 radical (unpaired) electrons. The molecule has 0 atom stereocenters. The number of ether oxygens (including phenoxy) is 1. The maximum absolute atomic E-state index is 11.2. The summed E-state index contributed by atoms with van der Waals surface area (Å²) in [7, 11) is 0. The minimum absolute atomic E-state index is 0.0810. The van der Waals surface area contributed by atoms with Crippen LogP contribution in [0.4, 0.5) is 5.69 Å². The molecule has 5 heteroatoms. The van der Waals surface area contributed by atoms with Crippen LogP contribution in [0.3, 0.4) is 0 Å². The van der Waals surface area contributed by atoms with Gasteiger partial charge in [-0.2, -0.15) is 0 Å². The lowest BCUT2D eigenvalue weighted by Gasteiger charge is -2.36. The van der Waals surface area contributed by atoms with Crippen molar-refractivity contribution in [3.63, 3.8) is 0 Å². The van der Waals surface area contributed by atoms with Crippen LogP contribution in [0.25, 0.3) is 0 Å². The summed E-state index contributed by atoms with van der Waals surface area (Å²) >= 11 is 0. The van der Waals surface area contributed by atoms with E-state index in [1.807, 2.05) is 18.2 Å². The molecule has 0 aromatic heterocycles. The second-order valence-corrected chi connectivity index (χ2v) is 5.35. The number of hydrogen-bond donors (Lipinski definition) is 3. The Kier molecular flexibility index (Phi) is 3.16. The van der Waals surface area contributed by atoms with Gasteiger partial charge in [-0.15, -0.1) is 0 Å². The molecule has 3 N–H and O–H groups in total. The Morgan fingerprint density at radius 1 is 1.42 bits per heavy atom. The van der Waals surface area contributed by atoms with Crippen molar-refractivity contribution in [2.24, 2.45) is 0 Å². The molecule has 1 aromatic rings. The highest BCUT2D eigenvalue weighted by Gasteiger charge is 2.33. The van der Waals surface area contributed by atoms with Crippen LogP contribution in [0.15, 0.2) is 18.2 Å². The SMILES string of the molecule is O=C1COc2ccc(CNCC3(O)CCC3)cc2N1. The average Bonchev–Trinajstić information content (AvgIpc) is 2.36. The van der Waals surface area contributed by atoms with Gasteiger partial charge in [-0.1, -0.05) is 6.07 Å². The second kappa shape index (κ2) is 4.83. The number of nitrogens with one attached hydrogen (secondary N) is 2. The summed E-state index contributed by atoms with van der Waals surface area (Å²) in [4.78, 5) is 11.2. The number of fused-ring (bicyclic) bond motifs is 1. The van der Waals surface area contributed by atoms with Gasteiger partial charge in [0.15, 0.2) is 6.61 Å². The second-order valence-electron chi connectivity index (χ2n) is 5.35. The van der Waals surface area contributed by atoms with Gasteiger partial charge < -0.3 is 20.5 Å². The van der Waals surface area contributed by atoms with Crippen LogP contribution in [-0.4, -0.2) is 29.8 Å². The molecule has 3 rings (SSSR count). The van der Waals surface area contributed by atoms with E-state index >= 15 is 0 Å². The van der Waals surface area contributed by atoms with Gasteiger partial charge in [0.2, 0.25) is 0 Å². The van der Waals surface area contributed by atoms with E-state index in [1.54, 1.807) is 0 Å². The van der Waals surface area contributed by atoms with E-state index in [0.717, 1.165) is 30.5 Å². The lowest BCUT2D eigenvalue weighted by Crippen LogP contribution is -2.45. The van der Waals surface area contributed by atoms with Crippen molar-refractivity contribution >= 4 is 11.6 Å². The minimum atomic E-state index is -0.508. The lowest BCUT2D eigenvalue weighted by molar-refractivity contribution is -0.118. The first kappa shape index (κ1) is 12.4. The zero-order valence-corrected chi connectivity index (χ0v) is 10.7. The predicted octanol–water partition coefficient (Wildman–Crippen LogP) is 1.02. The quantitative estimate of drug-likeness (QED) is 0.757. The Bertz CT molecular complexity index is 497. The first-order valence-electron chi connectivity index (χ1n) is 6.63. The number of aliphatic hydroxyl groups is 1. The molecule has 0 bridgehead atoms. The fourth-order valence-corrected chi connectivity index (χ4v) is 2.44. The Balaban J connectivity index is 1.59. The number of carbonyl (C=O) groups is 1. The maximum atomic E-state index is 11.2. The smallest absolute Gasteiger partial charge is 0.262 e. The largest absolute Gasteiger partial charge is 0.482 e. The van der Waals surface area contributed by atoms with Crippen LogP contribution in [0.2, 0.25) is 0 Å². The van der Waals surface area contributed by atoms with Crippen molar-refractivity contribution in [1.82, 2.24) is 5.32 Å². The topological polar surface area (TPSA) is 70.6 Å². The van der Waals surface area contributed by atoms with Gasteiger partial charge in [0.05, 0.1) is 11.3 Å². The zero-order chi connectivity index (χ0) is 13.3. The number of rotatable bonds is 4. The molecular formula is C14H18N2O3. The summed E-state index contributed by atoms with van der Waals surface area (Å²) in [5.41, 5.74) is 1.27. The van der Waals surface area contributed by atoms with Crippen LogP contribution >= 0.6 is 0 Å². The maximum Gasteiger partial charge on any atom is 0.262 e. The molecular weight excluding hydrogens is 244 g/mol. The lowest BCUT2D eigenvalue weighted by atomic mass is 9.80. The van der Waals surface area contributed by atoms with E-state index in [9.17, 15) is 9.90 Å². The molecule has 19 heavy (non-hydrogen) atoms. The number of amides is 1. The Morgan fingerprint density at radius 3 is 3.00 bits per heavy atom. The summed E-state index contributed by atoms with van der Waals surface area (Å²) in [6.07, 6.45) is 2.88. The molecule has 1 heterocycles. The standard InChI is InChI=1S/C14H18N2O3/c17-13-8-19-12-3-2-10(6-11(12)16-13)7-15-9-14(18)4-1-5-14/h2-3,6,15,18H,1,4-5,7-9H2,(H,16,17). The van der Waals surface area contributed by atoms with Gasteiger partial charge >= 0.3 is 0 Å². The summed E-state index contributed by atoms with van der Waals surface area (Å²) < 4.78 is 5.30. The number of anilines is 1. The first-order chi connectivity index (χ1) is 9.15. The third-order valence-electron chi connectivity index (χ3n) is 3.74. The highest BCUT2D eigenvalue weighted by atomic mass is 16.5. The fraction of sp³-hybridized carbons (Fsp3) is 0.500. The van der Waals surface area contributed by atoms with Gasteiger partial charge in [-0.05, 0) is 37.0 Å². The Morgan fingerprint density at radius 2 is 2.26 bits per heavy atom. The average molecular weight is 262 g/mol. The molecule has 1 aromatic carbocycles. The Labute approximate surface area is 112 Å². The molecule has 0 saturated heterocycles. The molecule has 0 spiro atoms. The number of benzene rings is 1. The number of hydrogen-bond acceptors (Lipinski definition) is 4. The van der Waals surface area contributed by atoms with Gasteiger partial charge in [-0.25, -0.2) is 0 Å². The Hall–Kier alpha value is -1.59. The van der Waals surface area contributed by atoms with Gasteiger partial charge in [0, 0.05) is 13.1 Å². The van der Waals surface area contributed by atoms with E-state index in [1.165, 1.54) is 0 Å². The third-order valence-corrected chi connectivity index (χ3v) is 3.74. The van der Waals surface area contributed by atoms with Crippen LogP contribution in [-0.2, 0) is 11.3 Å². The molecule has 102 valence electrons. The van der Waals surface area contributed by atoms with Crippen LogP contribution in [0.1, 0.15) is 24.8 Å². The molecule has 5 nitrogen and oxygen atoms in total. The molecule has 1 aliphatic heterocycles. The highest BCUT2D eigenvalue weighted by Crippen LogP contribution is 2.31. The van der Waals surface area contributed by atoms with E-state index in [-0.39, 0.29) is 12.5 Å². The molecule has 1 amide bonds. The van der Waals surface area contributed by atoms with Crippen molar-refractivity contribution in [3.05, 3.63) is 23.8 Å². The van der Waals surface area contributed by atoms with Gasteiger partial charge in [0.1, 0.15) is 5.75 Å². The van der Waals surface area contributed by atoms with Crippen molar-refractivity contribution < 1.29 is 14.6 Å². The van der Waals surface area contributed by atoms with Crippen LogP contribution < -0.4 is 15.4 Å². The molecule has 1 saturated carbocycles. The van der Waals surface area contributed by atoms with Crippen LogP contribution in [0.5, 0.6) is 5.75 Å².